The number of hydrogen-bond donors (Lipinski definition) is 1. The number of carbonyl (C=O) groups is 2. The number of anilines is 3. The molecule has 2 aromatic carbocycles. The van der Waals surface area contributed by atoms with Crippen molar-refractivity contribution in [3.05, 3.63) is 54.3 Å². The van der Waals surface area contributed by atoms with E-state index >= 15 is 0 Å². The standard InChI is InChI=1S/C18H20FN3O2/c1-13(23)22(17-8-4-14(19)5-9-17)12-18(24)20-15-6-10-16(11-7-15)21(2)3/h4-11H,12H2,1-3H3,(H,20,24). The summed E-state index contributed by atoms with van der Waals surface area (Å²) in [5, 5.41) is 2.75. The molecule has 0 bridgehead atoms. The number of nitrogens with one attached hydrogen (secondary N) is 1. The first-order valence-corrected chi connectivity index (χ1v) is 7.47. The Morgan fingerprint density at radius 3 is 2.00 bits per heavy atom. The van der Waals surface area contributed by atoms with Crippen molar-refractivity contribution in [3.63, 3.8) is 0 Å². The number of nitrogens with zero attached hydrogens (tertiary/aromatic N) is 2. The van der Waals surface area contributed by atoms with Crippen LogP contribution in [0.1, 0.15) is 6.92 Å². The van der Waals surface area contributed by atoms with Gasteiger partial charge in [0.1, 0.15) is 12.4 Å². The number of benzene rings is 2. The fraction of sp³-hybridized carbons (Fsp3) is 0.222. The van der Waals surface area contributed by atoms with E-state index in [1.165, 1.54) is 36.1 Å². The summed E-state index contributed by atoms with van der Waals surface area (Å²) in [7, 11) is 3.86. The second-order valence-electron chi connectivity index (χ2n) is 5.57. The number of hydrogen-bond acceptors (Lipinski definition) is 3. The first kappa shape index (κ1) is 17.5. The third-order valence-corrected chi connectivity index (χ3v) is 3.49. The van der Waals surface area contributed by atoms with E-state index in [0.29, 0.717) is 11.4 Å². The van der Waals surface area contributed by atoms with Crippen LogP contribution in [0.25, 0.3) is 0 Å². The molecule has 1 N–H and O–H groups in total. The van der Waals surface area contributed by atoms with E-state index in [2.05, 4.69) is 5.32 Å². The normalized spacial score (nSPS) is 10.2. The lowest BCUT2D eigenvalue weighted by Gasteiger charge is -2.21. The molecule has 2 aromatic rings. The number of rotatable bonds is 5. The molecule has 0 fully saturated rings. The van der Waals surface area contributed by atoms with Gasteiger partial charge in [-0.15, -0.1) is 0 Å². The Hall–Kier alpha value is -2.89. The zero-order valence-corrected chi connectivity index (χ0v) is 13.9. The van der Waals surface area contributed by atoms with Crippen molar-refractivity contribution in [2.24, 2.45) is 0 Å². The summed E-state index contributed by atoms with van der Waals surface area (Å²) < 4.78 is 13.0. The van der Waals surface area contributed by atoms with Crippen LogP contribution < -0.4 is 15.1 Å². The van der Waals surface area contributed by atoms with Crippen molar-refractivity contribution >= 4 is 28.9 Å². The Morgan fingerprint density at radius 2 is 1.50 bits per heavy atom. The molecule has 2 rings (SSSR count). The fourth-order valence-electron chi connectivity index (χ4n) is 2.19. The summed E-state index contributed by atoms with van der Waals surface area (Å²) in [6.07, 6.45) is 0. The number of amides is 2. The van der Waals surface area contributed by atoms with Crippen molar-refractivity contribution in [2.45, 2.75) is 6.92 Å². The molecular formula is C18H20FN3O2. The molecule has 0 saturated heterocycles. The second-order valence-corrected chi connectivity index (χ2v) is 5.57. The van der Waals surface area contributed by atoms with Gasteiger partial charge >= 0.3 is 0 Å². The number of halogens is 1. The molecule has 0 heterocycles. The van der Waals surface area contributed by atoms with Crippen molar-refractivity contribution in [3.8, 4) is 0 Å². The van der Waals surface area contributed by atoms with Crippen molar-refractivity contribution in [2.75, 3.05) is 35.8 Å². The lowest BCUT2D eigenvalue weighted by atomic mass is 10.2. The monoisotopic (exact) mass is 329 g/mol. The highest BCUT2D eigenvalue weighted by molar-refractivity contribution is 6.01. The van der Waals surface area contributed by atoms with Gasteiger partial charge in [0.15, 0.2) is 0 Å². The predicted octanol–water partition coefficient (Wildman–Crippen LogP) is 2.88. The molecule has 2 amide bonds. The largest absolute Gasteiger partial charge is 0.378 e. The first-order chi connectivity index (χ1) is 11.4. The highest BCUT2D eigenvalue weighted by Gasteiger charge is 2.16. The molecule has 126 valence electrons. The Morgan fingerprint density at radius 1 is 0.958 bits per heavy atom. The van der Waals surface area contributed by atoms with Gasteiger partial charge < -0.3 is 15.1 Å². The lowest BCUT2D eigenvalue weighted by Crippen LogP contribution is -2.36. The quantitative estimate of drug-likeness (QED) is 0.918. The van der Waals surface area contributed by atoms with Gasteiger partial charge in [-0.1, -0.05) is 0 Å². The zero-order chi connectivity index (χ0) is 17.7. The van der Waals surface area contributed by atoms with E-state index in [-0.39, 0.29) is 18.4 Å². The van der Waals surface area contributed by atoms with Gasteiger partial charge in [-0.05, 0) is 48.5 Å². The number of carbonyl (C=O) groups excluding carboxylic acids is 2. The van der Waals surface area contributed by atoms with Gasteiger partial charge in [0, 0.05) is 38.1 Å². The van der Waals surface area contributed by atoms with Crippen LogP contribution in [-0.2, 0) is 9.59 Å². The minimum atomic E-state index is -0.396. The minimum absolute atomic E-state index is 0.142. The van der Waals surface area contributed by atoms with E-state index in [9.17, 15) is 14.0 Å². The summed E-state index contributed by atoms with van der Waals surface area (Å²) in [4.78, 5) is 27.2. The molecule has 0 saturated carbocycles. The van der Waals surface area contributed by atoms with E-state index in [0.717, 1.165) is 5.69 Å². The molecule has 0 aliphatic rings. The van der Waals surface area contributed by atoms with Gasteiger partial charge in [0.05, 0.1) is 0 Å². The van der Waals surface area contributed by atoms with Crippen LogP contribution in [0.2, 0.25) is 0 Å². The summed E-state index contributed by atoms with van der Waals surface area (Å²) in [6, 6.07) is 12.8. The zero-order valence-electron chi connectivity index (χ0n) is 13.9. The second kappa shape index (κ2) is 7.59. The summed E-state index contributed by atoms with van der Waals surface area (Å²) >= 11 is 0. The van der Waals surface area contributed by atoms with Gasteiger partial charge in [-0.3, -0.25) is 9.59 Å². The van der Waals surface area contributed by atoms with E-state index in [1.807, 2.05) is 31.1 Å². The van der Waals surface area contributed by atoms with Gasteiger partial charge in [0.25, 0.3) is 0 Å². The lowest BCUT2D eigenvalue weighted by molar-refractivity contribution is -0.120. The van der Waals surface area contributed by atoms with Crippen LogP contribution in [0, 0.1) is 5.82 Å². The van der Waals surface area contributed by atoms with Crippen LogP contribution in [0.4, 0.5) is 21.5 Å². The Labute approximate surface area is 140 Å². The van der Waals surface area contributed by atoms with Crippen LogP contribution in [-0.4, -0.2) is 32.5 Å². The molecule has 6 heteroatoms. The van der Waals surface area contributed by atoms with Crippen LogP contribution in [0.5, 0.6) is 0 Å². The van der Waals surface area contributed by atoms with Gasteiger partial charge in [-0.2, -0.15) is 0 Å². The highest BCUT2D eigenvalue weighted by atomic mass is 19.1. The van der Waals surface area contributed by atoms with E-state index in [4.69, 9.17) is 0 Å². The molecule has 0 atom stereocenters. The van der Waals surface area contributed by atoms with Crippen molar-refractivity contribution in [1.29, 1.82) is 0 Å². The van der Waals surface area contributed by atoms with Crippen LogP contribution >= 0.6 is 0 Å². The predicted molar refractivity (Wildman–Crippen MR) is 93.8 cm³/mol. The van der Waals surface area contributed by atoms with E-state index < -0.39 is 5.82 Å². The molecular weight excluding hydrogens is 309 g/mol. The molecule has 0 radical (unpaired) electrons. The third-order valence-electron chi connectivity index (χ3n) is 3.49. The van der Waals surface area contributed by atoms with Gasteiger partial charge in [-0.25, -0.2) is 4.39 Å². The van der Waals surface area contributed by atoms with Crippen LogP contribution in [0.15, 0.2) is 48.5 Å². The van der Waals surface area contributed by atoms with Crippen molar-refractivity contribution in [1.82, 2.24) is 0 Å². The molecule has 0 unspecified atom stereocenters. The molecule has 0 aliphatic heterocycles. The third kappa shape index (κ3) is 4.55. The van der Waals surface area contributed by atoms with E-state index in [1.54, 1.807) is 12.1 Å². The van der Waals surface area contributed by atoms with Gasteiger partial charge in [0.2, 0.25) is 11.8 Å². The molecule has 0 aliphatic carbocycles. The maximum Gasteiger partial charge on any atom is 0.244 e. The summed E-state index contributed by atoms with van der Waals surface area (Å²) in [6.45, 7) is 1.22. The van der Waals surface area contributed by atoms with Crippen molar-refractivity contribution < 1.29 is 14.0 Å². The average molecular weight is 329 g/mol. The topological polar surface area (TPSA) is 52.7 Å². The maximum absolute atomic E-state index is 13.0. The smallest absolute Gasteiger partial charge is 0.244 e. The molecule has 24 heavy (non-hydrogen) atoms. The molecule has 5 nitrogen and oxygen atoms in total. The maximum atomic E-state index is 13.0. The SMILES string of the molecule is CC(=O)N(CC(=O)Nc1ccc(N(C)C)cc1)c1ccc(F)cc1. The highest BCUT2D eigenvalue weighted by Crippen LogP contribution is 2.17. The molecule has 0 aromatic heterocycles. The minimum Gasteiger partial charge on any atom is -0.378 e. The first-order valence-electron chi connectivity index (χ1n) is 7.47. The Kier molecular flexibility index (Phi) is 5.52. The summed E-state index contributed by atoms with van der Waals surface area (Å²) in [5.74, 6) is -1.01. The van der Waals surface area contributed by atoms with Crippen LogP contribution in [0.3, 0.4) is 0 Å². The Bertz CT molecular complexity index is 712. The average Bonchev–Trinajstić information content (AvgIpc) is 2.54. The Balaban J connectivity index is 2.05. The molecule has 0 spiro atoms. The summed E-state index contributed by atoms with van der Waals surface area (Å²) in [5.41, 5.74) is 2.14. The fourth-order valence-corrected chi connectivity index (χ4v) is 2.19.